The van der Waals surface area contributed by atoms with Gasteiger partial charge in [0.1, 0.15) is 5.41 Å². The number of hydrogen-bond donors (Lipinski definition) is 2. The Kier molecular flexibility index (Phi) is 3.91. The fraction of sp³-hybridized carbons (Fsp3) is 0.750. The Morgan fingerprint density at radius 2 is 1.53 bits per heavy atom. The molecule has 0 bridgehead atoms. The van der Waals surface area contributed by atoms with Crippen molar-refractivity contribution in [1.82, 2.24) is 10.6 Å². The van der Waals surface area contributed by atoms with E-state index in [0.29, 0.717) is 6.42 Å². The number of rotatable bonds is 4. The summed E-state index contributed by atoms with van der Waals surface area (Å²) in [7, 11) is 0. The van der Waals surface area contributed by atoms with Crippen molar-refractivity contribution in [2.75, 3.05) is 0 Å². The zero-order valence-corrected chi connectivity index (χ0v) is 10.8. The van der Waals surface area contributed by atoms with E-state index in [1.54, 1.807) is 6.92 Å². The van der Waals surface area contributed by atoms with Gasteiger partial charge in [0.05, 0.1) is 0 Å². The van der Waals surface area contributed by atoms with Crippen LogP contribution in [-0.2, 0) is 9.59 Å². The molecule has 0 aromatic rings. The largest absolute Gasteiger partial charge is 0.328 e. The predicted molar refractivity (Wildman–Crippen MR) is 63.0 cm³/mol. The molecule has 5 nitrogen and oxygen atoms in total. The number of imide groups is 2. The molecule has 4 amide bonds. The predicted octanol–water partition coefficient (Wildman–Crippen LogP) is 1.43. The normalized spacial score (nSPS) is 21.1. The molecule has 5 heteroatoms. The summed E-state index contributed by atoms with van der Waals surface area (Å²) in [5.74, 6) is -0.797. The number of nitrogens with one attached hydrogen (secondary N) is 2. The standard InChI is InChI=1S/C12H20N2O3/c1-5-8(7(3)4)12(6-2)9(15)13-11(17)14-10(12)16/h7-8H,5-6H2,1-4H3,(H2,13,14,15,16,17). The smallest absolute Gasteiger partial charge is 0.277 e. The Hall–Kier alpha value is -1.39. The first-order valence-electron chi connectivity index (χ1n) is 6.07. The lowest BCUT2D eigenvalue weighted by atomic mass is 9.65. The first kappa shape index (κ1) is 13.7. The number of barbiturate groups is 1. The van der Waals surface area contributed by atoms with Crippen molar-refractivity contribution in [3.8, 4) is 0 Å². The maximum atomic E-state index is 12.1. The lowest BCUT2D eigenvalue weighted by molar-refractivity contribution is -0.150. The van der Waals surface area contributed by atoms with Crippen molar-refractivity contribution in [1.29, 1.82) is 0 Å². The second-order valence-electron chi connectivity index (χ2n) is 4.82. The van der Waals surface area contributed by atoms with Gasteiger partial charge in [0.25, 0.3) is 0 Å². The summed E-state index contributed by atoms with van der Waals surface area (Å²) < 4.78 is 0. The number of carbonyl (C=O) groups is 3. The Balaban J connectivity index is 3.20. The molecule has 1 fully saturated rings. The Morgan fingerprint density at radius 1 is 1.06 bits per heavy atom. The average Bonchev–Trinajstić information content (AvgIpc) is 2.22. The minimum atomic E-state index is -1.11. The number of carbonyl (C=O) groups excluding carboxylic acids is 3. The van der Waals surface area contributed by atoms with Crippen LogP contribution in [0.15, 0.2) is 0 Å². The van der Waals surface area contributed by atoms with Gasteiger partial charge in [-0.2, -0.15) is 0 Å². The molecule has 1 saturated heterocycles. The molecule has 0 aliphatic carbocycles. The number of urea groups is 1. The van der Waals surface area contributed by atoms with Gasteiger partial charge in [-0.05, 0) is 18.3 Å². The number of amides is 4. The van der Waals surface area contributed by atoms with Crippen LogP contribution in [0.4, 0.5) is 4.79 Å². The summed E-state index contributed by atoms with van der Waals surface area (Å²) in [6.45, 7) is 7.74. The second-order valence-corrected chi connectivity index (χ2v) is 4.82. The molecule has 0 saturated carbocycles. The van der Waals surface area contributed by atoms with Crippen molar-refractivity contribution in [2.24, 2.45) is 17.3 Å². The van der Waals surface area contributed by atoms with E-state index in [1.807, 2.05) is 20.8 Å². The van der Waals surface area contributed by atoms with Gasteiger partial charge in [-0.3, -0.25) is 20.2 Å². The molecule has 1 heterocycles. The molecule has 1 atom stereocenters. The summed E-state index contributed by atoms with van der Waals surface area (Å²) in [6.07, 6.45) is 1.12. The van der Waals surface area contributed by atoms with E-state index in [0.717, 1.165) is 6.42 Å². The summed E-state index contributed by atoms with van der Waals surface area (Å²) in [6, 6.07) is -0.720. The quantitative estimate of drug-likeness (QED) is 0.730. The van der Waals surface area contributed by atoms with E-state index in [2.05, 4.69) is 10.6 Å². The molecule has 17 heavy (non-hydrogen) atoms. The highest BCUT2D eigenvalue weighted by Crippen LogP contribution is 2.40. The van der Waals surface area contributed by atoms with E-state index in [4.69, 9.17) is 0 Å². The molecular formula is C12H20N2O3. The Bertz CT molecular complexity index is 330. The van der Waals surface area contributed by atoms with Gasteiger partial charge >= 0.3 is 6.03 Å². The minimum absolute atomic E-state index is 0.0689. The van der Waals surface area contributed by atoms with Gasteiger partial charge in [0.15, 0.2) is 0 Å². The highest BCUT2D eigenvalue weighted by atomic mass is 16.2. The lowest BCUT2D eigenvalue weighted by Crippen LogP contribution is -2.65. The summed E-state index contributed by atoms with van der Waals surface area (Å²) in [4.78, 5) is 35.3. The van der Waals surface area contributed by atoms with Gasteiger partial charge in [-0.1, -0.05) is 34.1 Å². The van der Waals surface area contributed by atoms with Gasteiger partial charge in [-0.15, -0.1) is 0 Å². The Labute approximate surface area is 101 Å². The molecular weight excluding hydrogens is 220 g/mol. The fourth-order valence-corrected chi connectivity index (χ4v) is 2.87. The third-order valence-electron chi connectivity index (χ3n) is 3.70. The first-order valence-corrected chi connectivity index (χ1v) is 6.07. The number of hydrogen-bond acceptors (Lipinski definition) is 3. The zero-order chi connectivity index (χ0) is 13.2. The topological polar surface area (TPSA) is 75.3 Å². The molecule has 1 aliphatic heterocycles. The molecule has 0 spiro atoms. The van der Waals surface area contributed by atoms with Crippen LogP contribution in [0, 0.1) is 17.3 Å². The zero-order valence-electron chi connectivity index (χ0n) is 10.8. The summed E-state index contributed by atoms with van der Waals surface area (Å²) in [5, 5.41) is 4.42. The third kappa shape index (κ3) is 2.06. The molecule has 0 radical (unpaired) electrons. The summed E-state index contributed by atoms with van der Waals surface area (Å²) in [5.41, 5.74) is -1.11. The molecule has 2 N–H and O–H groups in total. The molecule has 1 unspecified atom stereocenters. The van der Waals surface area contributed by atoms with E-state index in [9.17, 15) is 14.4 Å². The van der Waals surface area contributed by atoms with Gasteiger partial charge in [0.2, 0.25) is 11.8 Å². The van der Waals surface area contributed by atoms with Crippen LogP contribution in [0.25, 0.3) is 0 Å². The van der Waals surface area contributed by atoms with Crippen molar-refractivity contribution >= 4 is 17.8 Å². The fourth-order valence-electron chi connectivity index (χ4n) is 2.87. The van der Waals surface area contributed by atoms with Crippen LogP contribution in [0.3, 0.4) is 0 Å². The lowest BCUT2D eigenvalue weighted by Gasteiger charge is -2.41. The monoisotopic (exact) mass is 240 g/mol. The van der Waals surface area contributed by atoms with E-state index >= 15 is 0 Å². The molecule has 1 rings (SSSR count). The highest BCUT2D eigenvalue weighted by molar-refractivity contribution is 6.19. The van der Waals surface area contributed by atoms with E-state index < -0.39 is 23.3 Å². The first-order chi connectivity index (χ1) is 7.90. The van der Waals surface area contributed by atoms with E-state index in [-0.39, 0.29) is 11.8 Å². The molecule has 1 aliphatic rings. The average molecular weight is 240 g/mol. The van der Waals surface area contributed by atoms with Crippen molar-refractivity contribution in [3.63, 3.8) is 0 Å². The van der Waals surface area contributed by atoms with Gasteiger partial charge in [0, 0.05) is 0 Å². The van der Waals surface area contributed by atoms with Crippen LogP contribution in [0.5, 0.6) is 0 Å². The minimum Gasteiger partial charge on any atom is -0.277 e. The van der Waals surface area contributed by atoms with Crippen molar-refractivity contribution in [2.45, 2.75) is 40.5 Å². The molecule has 96 valence electrons. The third-order valence-corrected chi connectivity index (χ3v) is 3.70. The maximum absolute atomic E-state index is 12.1. The van der Waals surface area contributed by atoms with Crippen LogP contribution in [-0.4, -0.2) is 17.8 Å². The van der Waals surface area contributed by atoms with Crippen LogP contribution < -0.4 is 10.6 Å². The Morgan fingerprint density at radius 3 is 1.82 bits per heavy atom. The molecule has 0 aromatic carbocycles. The van der Waals surface area contributed by atoms with Crippen LogP contribution >= 0.6 is 0 Å². The molecule has 0 aromatic heterocycles. The van der Waals surface area contributed by atoms with Crippen LogP contribution in [0.2, 0.25) is 0 Å². The van der Waals surface area contributed by atoms with E-state index in [1.165, 1.54) is 0 Å². The van der Waals surface area contributed by atoms with Crippen LogP contribution in [0.1, 0.15) is 40.5 Å². The second kappa shape index (κ2) is 4.85. The van der Waals surface area contributed by atoms with Gasteiger partial charge < -0.3 is 0 Å². The summed E-state index contributed by atoms with van der Waals surface area (Å²) >= 11 is 0. The highest BCUT2D eigenvalue weighted by Gasteiger charge is 2.54. The SMILES string of the molecule is CCC(C(C)C)C1(CC)C(=O)NC(=O)NC1=O. The van der Waals surface area contributed by atoms with Crippen molar-refractivity contribution < 1.29 is 14.4 Å². The van der Waals surface area contributed by atoms with Gasteiger partial charge in [-0.25, -0.2) is 4.79 Å². The van der Waals surface area contributed by atoms with Crippen molar-refractivity contribution in [3.05, 3.63) is 0 Å². The maximum Gasteiger partial charge on any atom is 0.328 e.